The molecule has 0 aliphatic heterocycles. The zero-order valence-corrected chi connectivity index (χ0v) is 8.51. The summed E-state index contributed by atoms with van der Waals surface area (Å²) < 4.78 is 39.2. The van der Waals surface area contributed by atoms with Crippen LogP contribution in [-0.4, -0.2) is 12.4 Å². The van der Waals surface area contributed by atoms with Gasteiger partial charge in [-0.1, -0.05) is 5.92 Å². The molecule has 0 aliphatic rings. The molecule has 5 heteroatoms. The third-order valence-electron chi connectivity index (χ3n) is 1.72. The van der Waals surface area contributed by atoms with Gasteiger partial charge in [-0.25, -0.2) is 0 Å². The number of nitrogens with one attached hydrogen (secondary N) is 1. The van der Waals surface area contributed by atoms with Crippen LogP contribution >= 0.6 is 0 Å². The fourth-order valence-corrected chi connectivity index (χ4v) is 1.04. The Balaban J connectivity index is 2.65. The maximum atomic E-state index is 11.8. The van der Waals surface area contributed by atoms with Crippen LogP contribution in [0, 0.1) is 12.3 Å². The molecule has 0 fully saturated rings. The van der Waals surface area contributed by atoms with Crippen molar-refractivity contribution in [3.63, 3.8) is 0 Å². The summed E-state index contributed by atoms with van der Waals surface area (Å²) in [6.07, 6.45) is 0.481. The minimum absolute atomic E-state index is 0.186. The molecule has 0 spiro atoms. The SMILES string of the molecule is C#CC(C)Nc1ccc(OC(F)(F)F)cc1. The maximum Gasteiger partial charge on any atom is 0.573 e. The summed E-state index contributed by atoms with van der Waals surface area (Å²) in [6, 6.07) is 5.19. The summed E-state index contributed by atoms with van der Waals surface area (Å²) in [4.78, 5) is 0. The lowest BCUT2D eigenvalue weighted by atomic mass is 10.2. The van der Waals surface area contributed by atoms with Crippen molar-refractivity contribution in [1.29, 1.82) is 0 Å². The van der Waals surface area contributed by atoms with Gasteiger partial charge in [0.2, 0.25) is 0 Å². The molecule has 0 aliphatic carbocycles. The molecule has 1 rings (SSSR count). The van der Waals surface area contributed by atoms with Gasteiger partial charge in [-0.2, -0.15) is 0 Å². The number of rotatable bonds is 3. The average molecular weight is 229 g/mol. The first-order valence-corrected chi connectivity index (χ1v) is 4.49. The van der Waals surface area contributed by atoms with Crippen molar-refractivity contribution in [1.82, 2.24) is 0 Å². The summed E-state index contributed by atoms with van der Waals surface area (Å²) >= 11 is 0. The van der Waals surface area contributed by atoms with Gasteiger partial charge in [0.15, 0.2) is 0 Å². The van der Waals surface area contributed by atoms with E-state index in [2.05, 4.69) is 16.0 Å². The minimum atomic E-state index is -4.67. The number of halogens is 3. The van der Waals surface area contributed by atoms with Crippen molar-refractivity contribution < 1.29 is 17.9 Å². The summed E-state index contributed by atoms with van der Waals surface area (Å²) in [5.41, 5.74) is 0.639. The molecule has 1 aromatic rings. The molecule has 16 heavy (non-hydrogen) atoms. The van der Waals surface area contributed by atoms with Gasteiger partial charge in [0.1, 0.15) is 5.75 Å². The first-order valence-electron chi connectivity index (χ1n) is 4.49. The maximum absolute atomic E-state index is 11.8. The van der Waals surface area contributed by atoms with E-state index >= 15 is 0 Å². The van der Waals surface area contributed by atoms with Crippen LogP contribution in [0.5, 0.6) is 5.75 Å². The normalized spacial score (nSPS) is 12.7. The predicted molar refractivity (Wildman–Crippen MR) is 55.0 cm³/mol. The van der Waals surface area contributed by atoms with E-state index in [1.165, 1.54) is 24.3 Å². The molecule has 86 valence electrons. The minimum Gasteiger partial charge on any atom is -0.406 e. The van der Waals surface area contributed by atoms with Crippen molar-refractivity contribution in [2.24, 2.45) is 0 Å². The Kier molecular flexibility index (Phi) is 3.67. The molecule has 0 amide bonds. The average Bonchev–Trinajstić information content (AvgIpc) is 2.18. The topological polar surface area (TPSA) is 21.3 Å². The molecule has 1 atom stereocenters. The number of hydrogen-bond donors (Lipinski definition) is 1. The highest BCUT2D eigenvalue weighted by molar-refractivity contribution is 5.48. The Labute approximate surface area is 91.4 Å². The number of anilines is 1. The van der Waals surface area contributed by atoms with E-state index in [0.717, 1.165) is 0 Å². The molecule has 0 heterocycles. The largest absolute Gasteiger partial charge is 0.573 e. The molecule has 0 saturated heterocycles. The quantitative estimate of drug-likeness (QED) is 0.804. The number of terminal acetylenes is 1. The van der Waals surface area contributed by atoms with Gasteiger partial charge in [-0.3, -0.25) is 0 Å². The first kappa shape index (κ1) is 12.2. The number of ether oxygens (including phenoxy) is 1. The van der Waals surface area contributed by atoms with Crippen LogP contribution in [0.2, 0.25) is 0 Å². The van der Waals surface area contributed by atoms with Gasteiger partial charge >= 0.3 is 6.36 Å². The molecule has 0 saturated carbocycles. The van der Waals surface area contributed by atoms with E-state index in [1.807, 2.05) is 0 Å². The van der Waals surface area contributed by atoms with Crippen molar-refractivity contribution in [3.05, 3.63) is 24.3 Å². The fraction of sp³-hybridized carbons (Fsp3) is 0.273. The molecule has 2 nitrogen and oxygen atoms in total. The predicted octanol–water partition coefficient (Wildman–Crippen LogP) is 3.02. The van der Waals surface area contributed by atoms with E-state index in [4.69, 9.17) is 6.42 Å². The van der Waals surface area contributed by atoms with Crippen LogP contribution in [0.3, 0.4) is 0 Å². The molecule has 1 N–H and O–H groups in total. The lowest BCUT2D eigenvalue weighted by Crippen LogP contribution is -2.17. The number of alkyl halides is 3. The van der Waals surface area contributed by atoms with Gasteiger partial charge in [0.05, 0.1) is 6.04 Å². The van der Waals surface area contributed by atoms with Gasteiger partial charge < -0.3 is 10.1 Å². The van der Waals surface area contributed by atoms with Gasteiger partial charge in [-0.05, 0) is 31.2 Å². The number of hydrogen-bond acceptors (Lipinski definition) is 2. The standard InChI is InChI=1S/C11H10F3NO/c1-3-8(2)15-9-4-6-10(7-5-9)16-11(12,13)14/h1,4-8,15H,2H3. The van der Waals surface area contributed by atoms with Gasteiger partial charge in [-0.15, -0.1) is 19.6 Å². The van der Waals surface area contributed by atoms with Crippen molar-refractivity contribution in [3.8, 4) is 18.1 Å². The second-order valence-corrected chi connectivity index (χ2v) is 3.10. The van der Waals surface area contributed by atoms with Crippen molar-refractivity contribution in [2.75, 3.05) is 5.32 Å². The molecule has 0 bridgehead atoms. The van der Waals surface area contributed by atoms with Crippen LogP contribution in [0.15, 0.2) is 24.3 Å². The zero-order chi connectivity index (χ0) is 12.2. The first-order chi connectivity index (χ1) is 7.40. The van der Waals surface area contributed by atoms with Crippen LogP contribution in [-0.2, 0) is 0 Å². The third kappa shape index (κ3) is 4.13. The van der Waals surface area contributed by atoms with Gasteiger partial charge in [0.25, 0.3) is 0 Å². The Morgan fingerprint density at radius 1 is 1.31 bits per heavy atom. The van der Waals surface area contributed by atoms with Gasteiger partial charge in [0, 0.05) is 5.69 Å². The highest BCUT2D eigenvalue weighted by Crippen LogP contribution is 2.23. The third-order valence-corrected chi connectivity index (χ3v) is 1.72. The Bertz CT molecular complexity index is 378. The van der Waals surface area contributed by atoms with Crippen molar-refractivity contribution in [2.45, 2.75) is 19.3 Å². The summed E-state index contributed by atoms with van der Waals surface area (Å²) in [7, 11) is 0. The van der Waals surface area contributed by atoms with Crippen LogP contribution in [0.25, 0.3) is 0 Å². The summed E-state index contributed by atoms with van der Waals surface area (Å²) in [5, 5.41) is 2.91. The lowest BCUT2D eigenvalue weighted by molar-refractivity contribution is -0.274. The second kappa shape index (κ2) is 4.79. The van der Waals surface area contributed by atoms with E-state index in [0.29, 0.717) is 5.69 Å². The van der Waals surface area contributed by atoms with E-state index in [9.17, 15) is 13.2 Å². The molecule has 0 aromatic heterocycles. The molecule has 1 unspecified atom stereocenters. The van der Waals surface area contributed by atoms with Crippen LogP contribution in [0.1, 0.15) is 6.92 Å². The summed E-state index contributed by atoms with van der Waals surface area (Å²) in [5.74, 6) is 2.19. The highest BCUT2D eigenvalue weighted by atomic mass is 19.4. The highest BCUT2D eigenvalue weighted by Gasteiger charge is 2.30. The molecule has 1 aromatic carbocycles. The Hall–Kier alpha value is -1.83. The smallest absolute Gasteiger partial charge is 0.406 e. The monoisotopic (exact) mass is 229 g/mol. The van der Waals surface area contributed by atoms with E-state index < -0.39 is 6.36 Å². The number of benzene rings is 1. The Morgan fingerprint density at radius 2 is 1.88 bits per heavy atom. The van der Waals surface area contributed by atoms with E-state index in [-0.39, 0.29) is 11.8 Å². The van der Waals surface area contributed by atoms with Crippen LogP contribution < -0.4 is 10.1 Å². The Morgan fingerprint density at radius 3 is 2.31 bits per heavy atom. The molecular weight excluding hydrogens is 219 g/mol. The lowest BCUT2D eigenvalue weighted by Gasteiger charge is -2.11. The second-order valence-electron chi connectivity index (χ2n) is 3.10. The molecule has 0 radical (unpaired) electrons. The van der Waals surface area contributed by atoms with Crippen LogP contribution in [0.4, 0.5) is 18.9 Å². The fourth-order valence-electron chi connectivity index (χ4n) is 1.04. The summed E-state index contributed by atoms with van der Waals surface area (Å²) in [6.45, 7) is 1.76. The van der Waals surface area contributed by atoms with E-state index in [1.54, 1.807) is 6.92 Å². The molecular formula is C11H10F3NO. The zero-order valence-electron chi connectivity index (χ0n) is 8.51. The van der Waals surface area contributed by atoms with Crippen molar-refractivity contribution >= 4 is 5.69 Å².